The molecule has 1 aromatic rings. The maximum atomic E-state index is 13.9. The molecule has 0 saturated carbocycles. The van der Waals surface area contributed by atoms with Crippen molar-refractivity contribution in [3.63, 3.8) is 0 Å². The third-order valence-corrected chi connectivity index (χ3v) is 7.59. The molecule has 0 bridgehead atoms. The molecule has 0 aromatic carbocycles. The van der Waals surface area contributed by atoms with Crippen molar-refractivity contribution in [2.45, 2.75) is 57.5 Å². The molecule has 31 heavy (non-hydrogen) atoms. The van der Waals surface area contributed by atoms with Gasteiger partial charge in [0, 0.05) is 34.3 Å². The monoisotopic (exact) mass is 462 g/mol. The predicted molar refractivity (Wildman–Crippen MR) is 111 cm³/mol. The number of fused-ring (bicyclic) bond motifs is 1. The van der Waals surface area contributed by atoms with E-state index >= 15 is 0 Å². The number of amides is 1. The Balaban J connectivity index is 1.83. The molecule has 1 amide bonds. The Labute approximate surface area is 179 Å². The van der Waals surface area contributed by atoms with Crippen LogP contribution >= 0.6 is 0 Å². The highest BCUT2D eigenvalue weighted by molar-refractivity contribution is 6.76. The fourth-order valence-corrected chi connectivity index (χ4v) is 4.98. The topological polar surface area (TPSA) is 87.9 Å². The lowest BCUT2D eigenvalue weighted by Gasteiger charge is -2.34. The van der Waals surface area contributed by atoms with E-state index in [9.17, 15) is 27.9 Å². The Morgan fingerprint density at radius 1 is 1.32 bits per heavy atom. The van der Waals surface area contributed by atoms with Crippen LogP contribution in [0.1, 0.15) is 18.4 Å². The number of alkyl halides is 3. The molecule has 12 heteroatoms. The molecular formula is C19H29F3N4O4Si. The third-order valence-electron chi connectivity index (χ3n) is 5.88. The van der Waals surface area contributed by atoms with Gasteiger partial charge in [0.05, 0.1) is 17.9 Å². The molecule has 1 aromatic heterocycles. The van der Waals surface area contributed by atoms with Crippen molar-refractivity contribution in [2.24, 2.45) is 5.92 Å². The van der Waals surface area contributed by atoms with E-state index in [2.05, 4.69) is 24.7 Å². The fourth-order valence-electron chi connectivity index (χ4n) is 4.22. The van der Waals surface area contributed by atoms with Gasteiger partial charge in [-0.1, -0.05) is 19.6 Å². The number of aromatic nitrogens is 2. The predicted octanol–water partition coefficient (Wildman–Crippen LogP) is 3.15. The molecule has 3 rings (SSSR count). The van der Waals surface area contributed by atoms with E-state index in [1.54, 1.807) is 0 Å². The van der Waals surface area contributed by atoms with Crippen molar-refractivity contribution in [1.82, 2.24) is 14.7 Å². The number of rotatable bonds is 6. The second-order valence-corrected chi connectivity index (χ2v) is 15.0. The van der Waals surface area contributed by atoms with Crippen molar-refractivity contribution in [2.75, 3.05) is 31.1 Å². The normalized spacial score (nSPS) is 22.0. The Morgan fingerprint density at radius 3 is 2.65 bits per heavy atom. The third kappa shape index (κ3) is 5.40. The number of hydrogen-bond acceptors (Lipinski definition) is 5. The maximum absolute atomic E-state index is 13.9. The van der Waals surface area contributed by atoms with Crippen LogP contribution < -0.4 is 10.5 Å². The van der Waals surface area contributed by atoms with E-state index in [4.69, 9.17) is 4.74 Å². The molecule has 0 radical (unpaired) electrons. The number of carboxylic acid groups (broad SMARTS) is 1. The summed E-state index contributed by atoms with van der Waals surface area (Å²) in [4.78, 5) is 26.9. The van der Waals surface area contributed by atoms with Crippen molar-refractivity contribution >= 4 is 19.9 Å². The minimum Gasteiger partial charge on any atom is -0.465 e. The summed E-state index contributed by atoms with van der Waals surface area (Å²) in [6.07, 6.45) is -3.48. The van der Waals surface area contributed by atoms with Gasteiger partial charge in [0.1, 0.15) is 12.3 Å². The van der Waals surface area contributed by atoms with Gasteiger partial charge in [0.25, 0.3) is 5.56 Å². The van der Waals surface area contributed by atoms with Crippen LogP contribution in [-0.4, -0.2) is 66.2 Å². The van der Waals surface area contributed by atoms with Crippen molar-refractivity contribution in [3.8, 4) is 0 Å². The van der Waals surface area contributed by atoms with Crippen LogP contribution in [0.4, 0.5) is 23.7 Å². The lowest BCUT2D eigenvalue weighted by Crippen LogP contribution is -2.47. The van der Waals surface area contributed by atoms with Gasteiger partial charge < -0.3 is 19.6 Å². The smallest absolute Gasteiger partial charge is 0.423 e. The summed E-state index contributed by atoms with van der Waals surface area (Å²) in [7, 11) is -1.37. The zero-order valence-corrected chi connectivity index (χ0v) is 19.0. The molecule has 8 nitrogen and oxygen atoms in total. The molecule has 2 saturated heterocycles. The average Bonchev–Trinajstić information content (AvgIpc) is 3.08. The summed E-state index contributed by atoms with van der Waals surface area (Å²) in [6.45, 7) is 7.19. The summed E-state index contributed by atoms with van der Waals surface area (Å²) in [5, 5.41) is 13.3. The molecule has 0 spiro atoms. The molecule has 0 unspecified atom stereocenters. The molecule has 3 heterocycles. The van der Waals surface area contributed by atoms with Crippen LogP contribution in [0.15, 0.2) is 11.0 Å². The molecule has 1 N–H and O–H groups in total. The fraction of sp³-hybridized carbons (Fsp3) is 0.737. The second-order valence-electron chi connectivity index (χ2n) is 9.41. The average molecular weight is 463 g/mol. The van der Waals surface area contributed by atoms with Gasteiger partial charge in [-0.05, 0) is 24.8 Å². The van der Waals surface area contributed by atoms with Crippen molar-refractivity contribution in [1.29, 1.82) is 0 Å². The molecule has 2 aliphatic heterocycles. The van der Waals surface area contributed by atoms with Crippen LogP contribution in [0.5, 0.6) is 0 Å². The van der Waals surface area contributed by atoms with Crippen LogP contribution in [0.25, 0.3) is 0 Å². The Hall–Kier alpha value is -2.08. The van der Waals surface area contributed by atoms with Crippen LogP contribution in [0.2, 0.25) is 25.7 Å². The first-order valence-corrected chi connectivity index (χ1v) is 14.1. The number of carbonyl (C=O) groups is 1. The van der Waals surface area contributed by atoms with E-state index in [0.29, 0.717) is 24.3 Å². The van der Waals surface area contributed by atoms with Gasteiger partial charge in [-0.15, -0.1) is 0 Å². The summed E-state index contributed by atoms with van der Waals surface area (Å²) in [5.74, 6) is -0.0711. The Bertz CT molecular complexity index is 871. The maximum Gasteiger partial charge on any atom is 0.423 e. The minimum absolute atomic E-state index is 0.0711. The second kappa shape index (κ2) is 8.81. The van der Waals surface area contributed by atoms with Crippen LogP contribution in [0.3, 0.4) is 0 Å². The quantitative estimate of drug-likeness (QED) is 0.516. The molecule has 2 atom stereocenters. The number of anilines is 1. The number of ether oxygens (including phenoxy) is 1. The van der Waals surface area contributed by atoms with Gasteiger partial charge in [0.15, 0.2) is 0 Å². The number of likely N-dealkylation sites (tertiary alicyclic amines) is 1. The summed E-state index contributed by atoms with van der Waals surface area (Å²) in [5.41, 5.74) is -2.82. The van der Waals surface area contributed by atoms with Gasteiger partial charge in [0.2, 0.25) is 0 Å². The molecule has 174 valence electrons. The zero-order valence-electron chi connectivity index (χ0n) is 18.0. The summed E-state index contributed by atoms with van der Waals surface area (Å²) < 4.78 is 47.7. The highest BCUT2D eigenvalue weighted by atomic mass is 28.3. The molecule has 0 aliphatic carbocycles. The molecular weight excluding hydrogens is 433 g/mol. The Morgan fingerprint density at radius 2 is 2.03 bits per heavy atom. The summed E-state index contributed by atoms with van der Waals surface area (Å²) >= 11 is 0. The van der Waals surface area contributed by atoms with E-state index in [0.717, 1.165) is 18.7 Å². The highest BCUT2D eigenvalue weighted by Crippen LogP contribution is 2.38. The molecule has 2 fully saturated rings. The van der Waals surface area contributed by atoms with E-state index in [1.165, 1.54) is 9.80 Å². The number of piperidine rings is 1. The number of nitrogens with zero attached hydrogens (tertiary/aromatic N) is 4. The number of halogens is 3. The van der Waals surface area contributed by atoms with Gasteiger partial charge in [-0.3, -0.25) is 4.79 Å². The highest BCUT2D eigenvalue weighted by Gasteiger charge is 2.45. The van der Waals surface area contributed by atoms with Gasteiger partial charge >= 0.3 is 12.3 Å². The number of hydrogen-bond donors (Lipinski definition) is 1. The largest absolute Gasteiger partial charge is 0.465 e. The Kier molecular flexibility index (Phi) is 6.70. The lowest BCUT2D eigenvalue weighted by atomic mass is 9.92. The van der Waals surface area contributed by atoms with Crippen molar-refractivity contribution < 1.29 is 27.8 Å². The van der Waals surface area contributed by atoms with Crippen molar-refractivity contribution in [3.05, 3.63) is 22.1 Å². The van der Waals surface area contributed by atoms with E-state index in [1.807, 2.05) is 0 Å². The zero-order chi connectivity index (χ0) is 23.0. The van der Waals surface area contributed by atoms with Crippen LogP contribution in [0, 0.1) is 5.92 Å². The standard InChI is InChI=1S/C19H29F3N4O4Si/c1-31(2,3)8-7-30-12-26-17(27)16(19(20,21)22)14(9-23-26)24-10-13-5-4-6-25(18(28)29)15(13)11-24/h9,13,15H,4-8,10-12H2,1-3H3,(H,28,29)/t13-,15+/m0/s1. The minimum atomic E-state index is -4.87. The lowest BCUT2D eigenvalue weighted by molar-refractivity contribution is -0.138. The summed E-state index contributed by atoms with van der Waals surface area (Å²) in [6, 6.07) is 0.433. The van der Waals surface area contributed by atoms with E-state index in [-0.39, 0.29) is 37.5 Å². The first-order chi connectivity index (χ1) is 14.4. The first-order valence-electron chi connectivity index (χ1n) is 10.4. The molecule has 2 aliphatic rings. The first kappa shape index (κ1) is 23.6. The van der Waals surface area contributed by atoms with Crippen LogP contribution in [-0.2, 0) is 17.6 Å². The van der Waals surface area contributed by atoms with Gasteiger partial charge in [-0.2, -0.15) is 18.3 Å². The van der Waals surface area contributed by atoms with E-state index < -0.39 is 31.5 Å². The van der Waals surface area contributed by atoms with Gasteiger partial charge in [-0.25, -0.2) is 9.48 Å². The SMILES string of the molecule is C[Si](C)(C)CCOCn1ncc(N2C[C@@H]3CCCN(C(=O)O)[C@@H]3C2)c(C(F)(F)F)c1=O.